The van der Waals surface area contributed by atoms with Gasteiger partial charge in [-0.3, -0.25) is 0 Å². The Morgan fingerprint density at radius 3 is 2.22 bits per heavy atom. The molecule has 4 nitrogen and oxygen atoms in total. The highest BCUT2D eigenvalue weighted by molar-refractivity contribution is 4.84. The van der Waals surface area contributed by atoms with E-state index >= 15 is 0 Å². The Balaban J connectivity index is 3.79. The molecular weight excluding hydrogens is 230 g/mol. The van der Waals surface area contributed by atoms with Crippen LogP contribution >= 0.6 is 0 Å². The van der Waals surface area contributed by atoms with Gasteiger partial charge in [0.25, 0.3) is 0 Å². The highest BCUT2D eigenvalue weighted by atomic mass is 16.5. The van der Waals surface area contributed by atoms with Crippen LogP contribution in [0.15, 0.2) is 0 Å². The quantitative estimate of drug-likeness (QED) is 0.622. The molecule has 0 aliphatic heterocycles. The molecule has 4 heteroatoms. The Morgan fingerprint density at radius 2 is 1.72 bits per heavy atom. The lowest BCUT2D eigenvalue weighted by Gasteiger charge is -2.34. The molecular formula is C14H31NO3. The van der Waals surface area contributed by atoms with E-state index in [1.54, 1.807) is 7.11 Å². The number of hydrogen-bond acceptors (Lipinski definition) is 4. The number of rotatable bonds is 9. The van der Waals surface area contributed by atoms with Crippen LogP contribution in [0, 0.1) is 5.41 Å². The van der Waals surface area contributed by atoms with Gasteiger partial charge < -0.3 is 19.9 Å². The first-order valence-electron chi connectivity index (χ1n) is 6.66. The van der Waals surface area contributed by atoms with Crippen LogP contribution < -0.4 is 5.32 Å². The van der Waals surface area contributed by atoms with Crippen molar-refractivity contribution in [1.29, 1.82) is 0 Å². The maximum Gasteiger partial charge on any atom is 0.0897 e. The van der Waals surface area contributed by atoms with E-state index < -0.39 is 6.10 Å². The molecule has 0 bridgehead atoms. The first kappa shape index (κ1) is 17.8. The minimum atomic E-state index is -0.471. The van der Waals surface area contributed by atoms with Gasteiger partial charge in [0.05, 0.1) is 25.9 Å². The number of hydrogen-bond donors (Lipinski definition) is 2. The van der Waals surface area contributed by atoms with Crippen molar-refractivity contribution in [3.8, 4) is 0 Å². The van der Waals surface area contributed by atoms with E-state index in [9.17, 15) is 5.11 Å². The average Bonchev–Trinajstić information content (AvgIpc) is 2.18. The fourth-order valence-corrected chi connectivity index (χ4v) is 2.20. The summed E-state index contributed by atoms with van der Waals surface area (Å²) in [7, 11) is 1.64. The minimum Gasteiger partial charge on any atom is -0.389 e. The highest BCUT2D eigenvalue weighted by Crippen LogP contribution is 2.26. The van der Waals surface area contributed by atoms with Crippen LogP contribution in [-0.2, 0) is 9.47 Å². The molecule has 0 amide bonds. The molecule has 1 unspecified atom stereocenters. The number of ether oxygens (including phenoxy) is 2. The van der Waals surface area contributed by atoms with E-state index in [2.05, 4.69) is 39.9 Å². The summed E-state index contributed by atoms with van der Waals surface area (Å²) >= 11 is 0. The van der Waals surface area contributed by atoms with Crippen molar-refractivity contribution in [3.05, 3.63) is 0 Å². The van der Waals surface area contributed by atoms with Crippen LogP contribution in [0.2, 0.25) is 0 Å². The maximum atomic E-state index is 9.78. The predicted molar refractivity (Wildman–Crippen MR) is 74.9 cm³/mol. The van der Waals surface area contributed by atoms with Gasteiger partial charge in [-0.1, -0.05) is 20.8 Å². The maximum absolute atomic E-state index is 9.78. The Kier molecular flexibility index (Phi) is 8.03. The van der Waals surface area contributed by atoms with Gasteiger partial charge in [-0.25, -0.2) is 0 Å². The SMILES string of the molecule is COCCOCC(O)CNC(C)(C)CC(C)(C)C. The van der Waals surface area contributed by atoms with Crippen molar-refractivity contribution in [2.75, 3.05) is 33.5 Å². The molecule has 0 radical (unpaired) electrons. The molecule has 0 heterocycles. The predicted octanol–water partition coefficient (Wildman–Crippen LogP) is 1.81. The van der Waals surface area contributed by atoms with Crippen LogP contribution in [0.5, 0.6) is 0 Å². The van der Waals surface area contributed by atoms with Gasteiger partial charge in [0, 0.05) is 19.2 Å². The molecule has 0 saturated heterocycles. The third-order valence-corrected chi connectivity index (χ3v) is 2.53. The van der Waals surface area contributed by atoms with E-state index in [4.69, 9.17) is 9.47 Å². The van der Waals surface area contributed by atoms with E-state index in [0.29, 0.717) is 26.4 Å². The number of nitrogens with one attached hydrogen (secondary N) is 1. The molecule has 0 aliphatic carbocycles. The second kappa shape index (κ2) is 8.10. The molecule has 2 N–H and O–H groups in total. The van der Waals surface area contributed by atoms with Crippen molar-refractivity contribution >= 4 is 0 Å². The molecule has 0 aromatic carbocycles. The monoisotopic (exact) mass is 261 g/mol. The van der Waals surface area contributed by atoms with Crippen molar-refractivity contribution in [3.63, 3.8) is 0 Å². The second-order valence-corrected chi connectivity index (χ2v) is 6.72. The first-order valence-corrected chi connectivity index (χ1v) is 6.66. The van der Waals surface area contributed by atoms with E-state index in [1.807, 2.05) is 0 Å². The molecule has 0 aromatic rings. The van der Waals surface area contributed by atoms with Crippen LogP contribution in [0.4, 0.5) is 0 Å². The standard InChI is InChI=1S/C14H31NO3/c1-13(2,3)11-14(4,5)15-9-12(16)10-18-8-7-17-6/h12,15-16H,7-11H2,1-6H3. The smallest absolute Gasteiger partial charge is 0.0897 e. The molecule has 0 saturated carbocycles. The Hall–Kier alpha value is -0.160. The van der Waals surface area contributed by atoms with Gasteiger partial charge in [0.2, 0.25) is 0 Å². The van der Waals surface area contributed by atoms with Gasteiger partial charge in [0.1, 0.15) is 0 Å². The third kappa shape index (κ3) is 11.0. The van der Waals surface area contributed by atoms with Crippen molar-refractivity contribution in [1.82, 2.24) is 5.32 Å². The van der Waals surface area contributed by atoms with Crippen LogP contribution in [0.25, 0.3) is 0 Å². The number of β-amino-alcohol motifs (C(OH)–C–C–N with tert-alkyl or cyclic N) is 1. The fourth-order valence-electron chi connectivity index (χ4n) is 2.20. The van der Waals surface area contributed by atoms with Gasteiger partial charge in [-0.15, -0.1) is 0 Å². The zero-order chi connectivity index (χ0) is 14.2. The number of aliphatic hydroxyl groups is 1. The minimum absolute atomic E-state index is 0.0196. The lowest BCUT2D eigenvalue weighted by molar-refractivity contribution is 0.0107. The normalized spacial score (nSPS) is 14.8. The first-order chi connectivity index (χ1) is 8.16. The molecule has 1 atom stereocenters. The topological polar surface area (TPSA) is 50.7 Å². The Labute approximate surface area is 112 Å². The van der Waals surface area contributed by atoms with E-state index in [-0.39, 0.29) is 11.0 Å². The summed E-state index contributed by atoms with van der Waals surface area (Å²) in [5, 5.41) is 13.2. The fraction of sp³-hybridized carbons (Fsp3) is 1.00. The lowest BCUT2D eigenvalue weighted by Crippen LogP contribution is -2.46. The molecule has 0 rings (SSSR count). The molecule has 0 spiro atoms. The van der Waals surface area contributed by atoms with Gasteiger partial charge in [0.15, 0.2) is 0 Å². The zero-order valence-electron chi connectivity index (χ0n) is 12.9. The van der Waals surface area contributed by atoms with Crippen molar-refractivity contribution < 1.29 is 14.6 Å². The van der Waals surface area contributed by atoms with Crippen LogP contribution in [-0.4, -0.2) is 50.2 Å². The summed E-state index contributed by atoms with van der Waals surface area (Å²) in [5.74, 6) is 0. The van der Waals surface area contributed by atoms with Gasteiger partial charge in [-0.05, 0) is 25.7 Å². The number of methoxy groups -OCH3 is 1. The summed E-state index contributed by atoms with van der Waals surface area (Å²) in [5.41, 5.74) is 0.294. The van der Waals surface area contributed by atoms with Gasteiger partial charge in [-0.2, -0.15) is 0 Å². The van der Waals surface area contributed by atoms with E-state index in [0.717, 1.165) is 6.42 Å². The lowest BCUT2D eigenvalue weighted by atomic mass is 9.82. The number of aliphatic hydroxyl groups excluding tert-OH is 1. The molecule has 0 aromatic heterocycles. The largest absolute Gasteiger partial charge is 0.389 e. The second-order valence-electron chi connectivity index (χ2n) is 6.72. The van der Waals surface area contributed by atoms with Gasteiger partial charge >= 0.3 is 0 Å². The average molecular weight is 261 g/mol. The molecule has 110 valence electrons. The summed E-state index contributed by atoms with van der Waals surface area (Å²) in [4.78, 5) is 0. The highest BCUT2D eigenvalue weighted by Gasteiger charge is 2.25. The van der Waals surface area contributed by atoms with Crippen LogP contribution in [0.1, 0.15) is 41.0 Å². The summed E-state index contributed by atoms with van der Waals surface area (Å²) < 4.78 is 10.2. The Morgan fingerprint density at radius 1 is 1.11 bits per heavy atom. The third-order valence-electron chi connectivity index (χ3n) is 2.53. The zero-order valence-corrected chi connectivity index (χ0v) is 12.9. The summed E-state index contributed by atoms with van der Waals surface area (Å²) in [6, 6.07) is 0. The molecule has 0 aliphatic rings. The molecule has 0 fully saturated rings. The van der Waals surface area contributed by atoms with E-state index in [1.165, 1.54) is 0 Å². The van der Waals surface area contributed by atoms with Crippen molar-refractivity contribution in [2.45, 2.75) is 52.7 Å². The summed E-state index contributed by atoms with van der Waals surface area (Å²) in [6.07, 6.45) is 0.582. The van der Waals surface area contributed by atoms with Crippen LogP contribution in [0.3, 0.4) is 0 Å². The molecule has 18 heavy (non-hydrogen) atoms. The summed E-state index contributed by atoms with van der Waals surface area (Å²) in [6.45, 7) is 13.0. The van der Waals surface area contributed by atoms with Crippen molar-refractivity contribution in [2.24, 2.45) is 5.41 Å². The Bertz CT molecular complexity index is 212.